The highest BCUT2D eigenvalue weighted by molar-refractivity contribution is 7.27. The fraction of sp³-hybridized carbons (Fsp3) is 0. The molecular formula is C47H28N2OS. The molecule has 0 aliphatic heterocycles. The fourth-order valence-corrected chi connectivity index (χ4v) is 9.28. The van der Waals surface area contributed by atoms with Crippen molar-refractivity contribution in [1.82, 2.24) is 9.55 Å². The van der Waals surface area contributed by atoms with Crippen molar-refractivity contribution in [3.8, 4) is 39.3 Å². The Bertz CT molecular complexity index is 3070. The monoisotopic (exact) mass is 668 g/mol. The Morgan fingerprint density at radius 3 is 1.98 bits per heavy atom. The highest BCUT2D eigenvalue weighted by atomic mass is 32.1. The Kier molecular flexibility index (Phi) is 6.12. The first-order valence-electron chi connectivity index (χ1n) is 17.2. The average molecular weight is 669 g/mol. The van der Waals surface area contributed by atoms with Crippen molar-refractivity contribution in [2.75, 3.05) is 0 Å². The maximum absolute atomic E-state index is 6.56. The van der Waals surface area contributed by atoms with Crippen molar-refractivity contribution in [1.29, 1.82) is 0 Å². The standard InChI is InChI=1S/C47H28N2OS/c1-3-13-29(14-4-1)31-27-38(30-15-5-2-6-16-30)48-39(28-31)36-21-11-20-34-35-25-26-41-44(47(35)51-46(34)36)37-18-7-9-22-40(37)49(41)42-23-12-19-33-32-17-8-10-24-43(32)50-45(33)42/h1-28H. The number of hydrogen-bond donors (Lipinski definition) is 0. The molecule has 0 radical (unpaired) electrons. The highest BCUT2D eigenvalue weighted by Gasteiger charge is 2.21. The molecule has 11 rings (SSSR count). The quantitative estimate of drug-likeness (QED) is 0.187. The highest BCUT2D eigenvalue weighted by Crippen LogP contribution is 2.47. The third-order valence-corrected chi connectivity index (χ3v) is 11.5. The number of nitrogens with zero attached hydrogens (tertiary/aromatic N) is 2. The molecule has 0 saturated heterocycles. The molecule has 7 aromatic carbocycles. The number of benzene rings is 7. The Morgan fingerprint density at radius 1 is 0.451 bits per heavy atom. The van der Waals surface area contributed by atoms with Crippen molar-refractivity contribution >= 4 is 75.3 Å². The van der Waals surface area contributed by atoms with Crippen LogP contribution in [-0.4, -0.2) is 9.55 Å². The second-order valence-corrected chi connectivity index (χ2v) is 14.1. The lowest BCUT2D eigenvalue weighted by atomic mass is 9.99. The summed E-state index contributed by atoms with van der Waals surface area (Å²) in [6.45, 7) is 0. The second kappa shape index (κ2) is 11.0. The minimum absolute atomic E-state index is 0.902. The van der Waals surface area contributed by atoms with Gasteiger partial charge in [0.05, 0.1) is 28.1 Å². The first-order chi connectivity index (χ1) is 25.3. The summed E-state index contributed by atoms with van der Waals surface area (Å²) < 4.78 is 11.5. The van der Waals surface area contributed by atoms with Crippen LogP contribution >= 0.6 is 11.3 Å². The molecule has 0 unspecified atom stereocenters. The Balaban J connectivity index is 1.19. The number of thiophene rings is 1. The van der Waals surface area contributed by atoms with E-state index in [1.54, 1.807) is 0 Å². The second-order valence-electron chi connectivity index (χ2n) is 13.1. The zero-order valence-electron chi connectivity index (χ0n) is 27.4. The molecule has 0 atom stereocenters. The van der Waals surface area contributed by atoms with E-state index >= 15 is 0 Å². The lowest BCUT2D eigenvalue weighted by Crippen LogP contribution is -1.94. The van der Waals surface area contributed by atoms with Crippen LogP contribution in [0.3, 0.4) is 0 Å². The van der Waals surface area contributed by atoms with E-state index in [1.807, 2.05) is 17.4 Å². The molecule has 51 heavy (non-hydrogen) atoms. The predicted molar refractivity (Wildman–Crippen MR) is 215 cm³/mol. The third-order valence-electron chi connectivity index (χ3n) is 10.2. The maximum Gasteiger partial charge on any atom is 0.159 e. The summed E-state index contributed by atoms with van der Waals surface area (Å²) >= 11 is 1.87. The maximum atomic E-state index is 6.56. The van der Waals surface area contributed by atoms with E-state index in [0.29, 0.717) is 0 Å². The van der Waals surface area contributed by atoms with Crippen LogP contribution < -0.4 is 0 Å². The minimum atomic E-state index is 0.902. The van der Waals surface area contributed by atoms with Gasteiger partial charge in [0.25, 0.3) is 0 Å². The van der Waals surface area contributed by atoms with Gasteiger partial charge in [0.15, 0.2) is 5.58 Å². The molecule has 0 aliphatic rings. The van der Waals surface area contributed by atoms with Gasteiger partial charge >= 0.3 is 0 Å². The van der Waals surface area contributed by atoms with E-state index in [2.05, 4.69) is 168 Å². The van der Waals surface area contributed by atoms with Gasteiger partial charge in [-0.2, -0.15) is 0 Å². The van der Waals surface area contributed by atoms with Crippen LogP contribution in [0.5, 0.6) is 0 Å². The molecule has 0 saturated carbocycles. The van der Waals surface area contributed by atoms with Gasteiger partial charge < -0.3 is 8.98 Å². The van der Waals surface area contributed by atoms with Gasteiger partial charge in [-0.25, -0.2) is 4.98 Å². The summed E-state index contributed by atoms with van der Waals surface area (Å²) in [5, 5.41) is 7.27. The number of furan rings is 1. The van der Waals surface area contributed by atoms with Crippen LogP contribution in [0, 0.1) is 0 Å². The Hall–Kier alpha value is -6.49. The van der Waals surface area contributed by atoms with Crippen molar-refractivity contribution in [2.24, 2.45) is 0 Å². The number of pyridine rings is 1. The number of para-hydroxylation sites is 3. The molecule has 4 heteroatoms. The predicted octanol–water partition coefficient (Wildman–Crippen LogP) is 13.4. The SMILES string of the molecule is c1ccc(-c2cc(-c3ccccc3)nc(-c3cccc4c3sc3c4ccc4c3c3ccccc3n4-c3cccc4c3oc3ccccc34)c2)cc1. The smallest absolute Gasteiger partial charge is 0.159 e. The largest absolute Gasteiger partial charge is 0.454 e. The van der Waals surface area contributed by atoms with Gasteiger partial charge in [-0.05, 0) is 47.5 Å². The molecule has 11 aromatic rings. The minimum Gasteiger partial charge on any atom is -0.454 e. The van der Waals surface area contributed by atoms with Crippen LogP contribution in [-0.2, 0) is 0 Å². The lowest BCUT2D eigenvalue weighted by molar-refractivity contribution is 0.666. The van der Waals surface area contributed by atoms with Gasteiger partial charge in [-0.3, -0.25) is 0 Å². The van der Waals surface area contributed by atoms with Crippen LogP contribution in [0.15, 0.2) is 174 Å². The summed E-state index contributed by atoms with van der Waals surface area (Å²) in [6, 6.07) is 60.4. The van der Waals surface area contributed by atoms with Crippen LogP contribution in [0.4, 0.5) is 0 Å². The number of rotatable bonds is 4. The normalized spacial score (nSPS) is 11.9. The van der Waals surface area contributed by atoms with Crippen molar-refractivity contribution < 1.29 is 4.42 Å². The summed E-state index contributed by atoms with van der Waals surface area (Å²) in [4.78, 5) is 5.31. The van der Waals surface area contributed by atoms with Gasteiger partial charge in [0.2, 0.25) is 0 Å². The van der Waals surface area contributed by atoms with Crippen LogP contribution in [0.25, 0.3) is 103 Å². The Labute approximate surface area is 297 Å². The number of aromatic nitrogens is 2. The molecule has 0 N–H and O–H groups in total. The number of fused-ring (bicyclic) bond motifs is 10. The Morgan fingerprint density at radius 2 is 1.12 bits per heavy atom. The number of hydrogen-bond acceptors (Lipinski definition) is 3. The van der Waals surface area contributed by atoms with E-state index in [0.717, 1.165) is 61.2 Å². The van der Waals surface area contributed by atoms with E-state index in [9.17, 15) is 0 Å². The molecule has 0 fully saturated rings. The first kappa shape index (κ1) is 28.4. The van der Waals surface area contributed by atoms with Gasteiger partial charge in [0.1, 0.15) is 5.58 Å². The average Bonchev–Trinajstić information content (AvgIpc) is 3.88. The van der Waals surface area contributed by atoms with E-state index < -0.39 is 0 Å². The molecule has 0 amide bonds. The van der Waals surface area contributed by atoms with Crippen LogP contribution in [0.2, 0.25) is 0 Å². The molecule has 4 heterocycles. The van der Waals surface area contributed by atoms with Gasteiger partial charge in [0, 0.05) is 52.8 Å². The van der Waals surface area contributed by atoms with Crippen molar-refractivity contribution in [2.45, 2.75) is 0 Å². The molecule has 238 valence electrons. The molecule has 0 aliphatic carbocycles. The zero-order chi connectivity index (χ0) is 33.5. The van der Waals surface area contributed by atoms with Gasteiger partial charge in [-0.15, -0.1) is 11.3 Å². The van der Waals surface area contributed by atoms with Crippen LogP contribution in [0.1, 0.15) is 0 Å². The fourth-order valence-electron chi connectivity index (χ4n) is 7.90. The molecule has 0 spiro atoms. The lowest BCUT2D eigenvalue weighted by Gasteiger charge is -2.11. The molecule has 4 aromatic heterocycles. The topological polar surface area (TPSA) is 31.0 Å². The van der Waals surface area contributed by atoms with E-state index in [4.69, 9.17) is 9.40 Å². The molecule has 0 bridgehead atoms. The molecular weight excluding hydrogens is 641 g/mol. The van der Waals surface area contributed by atoms with E-state index in [1.165, 1.54) is 42.0 Å². The van der Waals surface area contributed by atoms with Crippen molar-refractivity contribution in [3.63, 3.8) is 0 Å². The van der Waals surface area contributed by atoms with Crippen molar-refractivity contribution in [3.05, 3.63) is 170 Å². The van der Waals surface area contributed by atoms with E-state index in [-0.39, 0.29) is 0 Å². The summed E-state index contributed by atoms with van der Waals surface area (Å²) in [6.07, 6.45) is 0. The summed E-state index contributed by atoms with van der Waals surface area (Å²) in [7, 11) is 0. The summed E-state index contributed by atoms with van der Waals surface area (Å²) in [5.74, 6) is 0. The van der Waals surface area contributed by atoms with Gasteiger partial charge in [-0.1, -0.05) is 133 Å². The molecule has 3 nitrogen and oxygen atoms in total. The first-order valence-corrected chi connectivity index (χ1v) is 18.0. The summed E-state index contributed by atoms with van der Waals surface area (Å²) in [5.41, 5.74) is 11.7. The third kappa shape index (κ3) is 4.27. The zero-order valence-corrected chi connectivity index (χ0v) is 28.2.